The van der Waals surface area contributed by atoms with Crippen molar-refractivity contribution >= 4 is 11.9 Å². The molecule has 0 radical (unpaired) electrons. The van der Waals surface area contributed by atoms with Crippen molar-refractivity contribution < 1.29 is 14.0 Å². The Morgan fingerprint density at radius 2 is 1.87 bits per heavy atom. The van der Waals surface area contributed by atoms with Gasteiger partial charge in [0.05, 0.1) is 6.26 Å². The van der Waals surface area contributed by atoms with E-state index >= 15 is 0 Å². The van der Waals surface area contributed by atoms with Gasteiger partial charge in [0.25, 0.3) is 5.91 Å². The summed E-state index contributed by atoms with van der Waals surface area (Å²) in [7, 11) is 0. The van der Waals surface area contributed by atoms with Gasteiger partial charge in [-0.15, -0.1) is 0 Å². The molecule has 0 N–H and O–H groups in total. The van der Waals surface area contributed by atoms with Crippen molar-refractivity contribution in [2.24, 2.45) is 0 Å². The average molecular weight is 319 g/mol. The van der Waals surface area contributed by atoms with E-state index in [0.717, 1.165) is 25.8 Å². The maximum absolute atomic E-state index is 12.8. The first-order chi connectivity index (χ1) is 11.2. The number of carbonyl (C=O) groups is 2. The molecule has 2 aliphatic rings. The minimum absolute atomic E-state index is 0.0912. The topological polar surface area (TPSA) is 57.0 Å². The van der Waals surface area contributed by atoms with Crippen LogP contribution in [0, 0.1) is 0 Å². The lowest BCUT2D eigenvalue weighted by Gasteiger charge is -2.41. The highest BCUT2D eigenvalue weighted by Gasteiger charge is 2.32. The van der Waals surface area contributed by atoms with Gasteiger partial charge in [-0.2, -0.15) is 0 Å². The molecule has 3 amide bonds. The van der Waals surface area contributed by atoms with E-state index in [9.17, 15) is 9.59 Å². The highest BCUT2D eigenvalue weighted by atomic mass is 16.3. The predicted octanol–water partition coefficient (Wildman–Crippen LogP) is 2.42. The number of amides is 3. The summed E-state index contributed by atoms with van der Waals surface area (Å²) >= 11 is 0. The van der Waals surface area contributed by atoms with Crippen LogP contribution >= 0.6 is 0 Å². The fourth-order valence-electron chi connectivity index (χ4n) is 3.52. The molecule has 2 fully saturated rings. The molecule has 0 saturated carbocycles. The first-order valence-corrected chi connectivity index (χ1v) is 8.59. The van der Waals surface area contributed by atoms with Gasteiger partial charge in [0.2, 0.25) is 0 Å². The molecule has 1 aromatic rings. The van der Waals surface area contributed by atoms with Crippen LogP contribution < -0.4 is 0 Å². The molecule has 2 saturated heterocycles. The smallest absolute Gasteiger partial charge is 0.320 e. The van der Waals surface area contributed by atoms with Gasteiger partial charge in [-0.1, -0.05) is 6.92 Å². The number of hydrogen-bond donors (Lipinski definition) is 0. The maximum Gasteiger partial charge on any atom is 0.320 e. The summed E-state index contributed by atoms with van der Waals surface area (Å²) in [4.78, 5) is 30.7. The lowest BCUT2D eigenvalue weighted by Crippen LogP contribution is -2.56. The number of piperazine rings is 1. The lowest BCUT2D eigenvalue weighted by molar-refractivity contribution is 0.0576. The van der Waals surface area contributed by atoms with E-state index in [4.69, 9.17) is 4.42 Å². The molecule has 0 aliphatic carbocycles. The molecule has 126 valence electrons. The zero-order valence-electron chi connectivity index (χ0n) is 13.7. The van der Waals surface area contributed by atoms with Crippen LogP contribution in [0.15, 0.2) is 22.8 Å². The molecule has 0 bridgehead atoms. The van der Waals surface area contributed by atoms with Gasteiger partial charge in [0.15, 0.2) is 5.76 Å². The third-order valence-corrected chi connectivity index (χ3v) is 4.91. The molecule has 1 atom stereocenters. The predicted molar refractivity (Wildman–Crippen MR) is 86.2 cm³/mol. The summed E-state index contributed by atoms with van der Waals surface area (Å²) in [6.07, 6.45) is 5.95. The quantitative estimate of drug-likeness (QED) is 0.841. The van der Waals surface area contributed by atoms with Crippen molar-refractivity contribution in [1.29, 1.82) is 0 Å². The monoisotopic (exact) mass is 319 g/mol. The summed E-state index contributed by atoms with van der Waals surface area (Å²) in [6, 6.07) is 3.91. The first kappa shape index (κ1) is 15.9. The van der Waals surface area contributed by atoms with E-state index in [2.05, 4.69) is 6.92 Å². The fraction of sp³-hybridized carbons (Fsp3) is 0.647. The second-order valence-electron chi connectivity index (χ2n) is 6.29. The van der Waals surface area contributed by atoms with Gasteiger partial charge in [0.1, 0.15) is 0 Å². The number of carbonyl (C=O) groups excluding carboxylic acids is 2. The zero-order valence-corrected chi connectivity index (χ0v) is 13.7. The van der Waals surface area contributed by atoms with Gasteiger partial charge in [-0.25, -0.2) is 4.79 Å². The molecule has 23 heavy (non-hydrogen) atoms. The molecule has 6 nitrogen and oxygen atoms in total. The Balaban J connectivity index is 1.56. The van der Waals surface area contributed by atoms with Gasteiger partial charge >= 0.3 is 6.03 Å². The van der Waals surface area contributed by atoms with Crippen molar-refractivity contribution in [1.82, 2.24) is 14.7 Å². The second kappa shape index (κ2) is 7.06. The van der Waals surface area contributed by atoms with Crippen molar-refractivity contribution in [2.45, 2.75) is 38.6 Å². The Morgan fingerprint density at radius 3 is 2.52 bits per heavy atom. The Labute approximate surface area is 137 Å². The number of urea groups is 1. The summed E-state index contributed by atoms with van der Waals surface area (Å²) in [5.74, 6) is 0.276. The Bertz CT molecular complexity index is 535. The minimum atomic E-state index is -0.0912. The number of likely N-dealkylation sites (tertiary alicyclic amines) is 1. The SMILES string of the molecule is CCC1CCCCN1C(=O)N1CCN(C(=O)c2ccco2)CC1. The van der Waals surface area contributed by atoms with E-state index in [-0.39, 0.29) is 11.9 Å². The van der Waals surface area contributed by atoms with E-state index in [0.29, 0.717) is 38.0 Å². The number of nitrogens with zero attached hydrogens (tertiary/aromatic N) is 3. The summed E-state index contributed by atoms with van der Waals surface area (Å²) in [5.41, 5.74) is 0. The van der Waals surface area contributed by atoms with Gasteiger partial charge in [-0.3, -0.25) is 4.79 Å². The second-order valence-corrected chi connectivity index (χ2v) is 6.29. The molecule has 2 aliphatic heterocycles. The van der Waals surface area contributed by atoms with Crippen molar-refractivity contribution in [3.63, 3.8) is 0 Å². The molecule has 3 heterocycles. The highest BCUT2D eigenvalue weighted by Crippen LogP contribution is 2.21. The van der Waals surface area contributed by atoms with E-state index in [1.54, 1.807) is 17.0 Å². The average Bonchev–Trinajstić information content (AvgIpc) is 3.15. The normalized spacial score (nSPS) is 22.3. The largest absolute Gasteiger partial charge is 0.459 e. The van der Waals surface area contributed by atoms with E-state index < -0.39 is 0 Å². The van der Waals surface area contributed by atoms with Gasteiger partial charge in [-0.05, 0) is 37.8 Å². The van der Waals surface area contributed by atoms with Gasteiger partial charge in [0, 0.05) is 38.8 Å². The van der Waals surface area contributed by atoms with Crippen LogP contribution in [0.4, 0.5) is 4.79 Å². The molecule has 6 heteroatoms. The standard InChI is InChI=1S/C17H25N3O3/c1-2-14-6-3-4-8-20(14)17(22)19-11-9-18(10-12-19)16(21)15-7-5-13-23-15/h5,7,13-14H,2-4,6,8-12H2,1H3. The van der Waals surface area contributed by atoms with E-state index in [1.807, 2.05) is 9.80 Å². The van der Waals surface area contributed by atoms with Crippen LogP contribution in [0.25, 0.3) is 0 Å². The van der Waals surface area contributed by atoms with Crippen molar-refractivity contribution in [2.75, 3.05) is 32.7 Å². The fourth-order valence-corrected chi connectivity index (χ4v) is 3.52. The number of piperidine rings is 1. The highest BCUT2D eigenvalue weighted by molar-refractivity contribution is 5.91. The lowest BCUT2D eigenvalue weighted by atomic mass is 10.0. The Hall–Kier alpha value is -1.98. The number of furan rings is 1. The van der Waals surface area contributed by atoms with Crippen LogP contribution in [0.5, 0.6) is 0 Å². The molecule has 0 spiro atoms. The Kier molecular flexibility index (Phi) is 4.88. The molecular formula is C17H25N3O3. The third-order valence-electron chi connectivity index (χ3n) is 4.91. The molecule has 1 aromatic heterocycles. The summed E-state index contributed by atoms with van der Waals surface area (Å²) in [5, 5.41) is 0. The van der Waals surface area contributed by atoms with Gasteiger partial charge < -0.3 is 19.1 Å². The number of hydrogen-bond acceptors (Lipinski definition) is 3. The maximum atomic E-state index is 12.8. The third kappa shape index (κ3) is 3.35. The first-order valence-electron chi connectivity index (χ1n) is 8.59. The number of rotatable bonds is 2. The summed E-state index contributed by atoms with van der Waals surface area (Å²) < 4.78 is 5.17. The minimum Gasteiger partial charge on any atom is -0.459 e. The Morgan fingerprint density at radius 1 is 1.13 bits per heavy atom. The zero-order chi connectivity index (χ0) is 16.2. The molecule has 1 unspecified atom stereocenters. The van der Waals surface area contributed by atoms with Crippen LogP contribution in [0.3, 0.4) is 0 Å². The van der Waals surface area contributed by atoms with E-state index in [1.165, 1.54) is 12.7 Å². The van der Waals surface area contributed by atoms with Crippen LogP contribution in [0.2, 0.25) is 0 Å². The molecular weight excluding hydrogens is 294 g/mol. The van der Waals surface area contributed by atoms with Crippen molar-refractivity contribution in [3.8, 4) is 0 Å². The summed E-state index contributed by atoms with van der Waals surface area (Å²) in [6.45, 7) is 5.33. The van der Waals surface area contributed by atoms with Crippen LogP contribution in [-0.4, -0.2) is 65.4 Å². The molecule has 0 aromatic carbocycles. The van der Waals surface area contributed by atoms with Crippen molar-refractivity contribution in [3.05, 3.63) is 24.2 Å². The van der Waals surface area contributed by atoms with Crippen LogP contribution in [0.1, 0.15) is 43.2 Å². The molecule has 3 rings (SSSR count). The van der Waals surface area contributed by atoms with Crippen LogP contribution in [-0.2, 0) is 0 Å².